The minimum Gasteiger partial charge on any atom is -0.329 e. The van der Waals surface area contributed by atoms with E-state index in [1.54, 1.807) is 6.92 Å². The van der Waals surface area contributed by atoms with E-state index in [4.69, 9.17) is 5.73 Å². The number of aryl methyl sites for hydroxylation is 1. The Balaban J connectivity index is 0.00000242. The van der Waals surface area contributed by atoms with Crippen molar-refractivity contribution < 1.29 is 8.42 Å². The number of fused-ring (bicyclic) bond motifs is 1. The third kappa shape index (κ3) is 3.35. The lowest BCUT2D eigenvalue weighted by molar-refractivity contribution is 0.562. The molecule has 1 atom stereocenters. The Labute approximate surface area is 132 Å². The molecule has 0 spiro atoms. The van der Waals surface area contributed by atoms with Gasteiger partial charge < -0.3 is 5.73 Å². The average molecular weight is 350 g/mol. The first-order valence-electron chi connectivity index (χ1n) is 6.07. The summed E-state index contributed by atoms with van der Waals surface area (Å²) in [5.74, 6) is 0. The molecule has 2 aromatic heterocycles. The molecule has 0 aromatic carbocycles. The smallest absolute Gasteiger partial charge is 0.329 e. The Bertz CT molecular complexity index is 905. The van der Waals surface area contributed by atoms with Crippen molar-refractivity contribution in [1.29, 1.82) is 0 Å². The number of H-pyrrole nitrogens is 1. The number of rotatable bonds is 4. The number of nitrogens with zero attached hydrogens (tertiary/aromatic N) is 2. The predicted octanol–water partition coefficient (Wildman–Crippen LogP) is -1.33. The molecule has 0 aliphatic rings. The van der Waals surface area contributed by atoms with Gasteiger partial charge in [0.05, 0.1) is 5.39 Å². The monoisotopic (exact) mass is 349 g/mol. The molecule has 0 amide bonds. The van der Waals surface area contributed by atoms with Crippen molar-refractivity contribution in [2.24, 2.45) is 12.8 Å². The fraction of sp³-hybridized carbons (Fsp3) is 0.364. The van der Waals surface area contributed by atoms with Crippen LogP contribution >= 0.6 is 12.4 Å². The number of nitrogens with two attached hydrogens (primary N) is 1. The molecular weight excluding hydrogens is 334 g/mol. The fourth-order valence-corrected chi connectivity index (χ4v) is 2.97. The maximum Gasteiger partial charge on any atom is 0.329 e. The quantitative estimate of drug-likeness (QED) is 0.624. The zero-order valence-electron chi connectivity index (χ0n) is 11.9. The van der Waals surface area contributed by atoms with Crippen LogP contribution in [0.3, 0.4) is 0 Å². The normalized spacial score (nSPS) is 12.9. The van der Waals surface area contributed by atoms with E-state index in [0.717, 1.165) is 10.8 Å². The molecule has 0 fully saturated rings. The van der Waals surface area contributed by atoms with Crippen molar-refractivity contribution in [3.8, 4) is 0 Å². The van der Waals surface area contributed by atoms with Gasteiger partial charge in [-0.15, -0.1) is 12.4 Å². The first kappa shape index (κ1) is 18.3. The number of halogens is 1. The molecular formula is C11H16ClN5O4S. The Morgan fingerprint density at radius 1 is 1.45 bits per heavy atom. The van der Waals surface area contributed by atoms with Crippen LogP contribution in [-0.2, 0) is 17.1 Å². The molecule has 2 heterocycles. The van der Waals surface area contributed by atoms with Crippen molar-refractivity contribution in [3.63, 3.8) is 0 Å². The van der Waals surface area contributed by atoms with Gasteiger partial charge in [-0.2, -0.15) is 0 Å². The molecule has 22 heavy (non-hydrogen) atoms. The average Bonchev–Trinajstić information content (AvgIpc) is 2.43. The van der Waals surface area contributed by atoms with E-state index in [1.807, 2.05) is 0 Å². The molecule has 0 aliphatic carbocycles. The van der Waals surface area contributed by atoms with E-state index in [9.17, 15) is 18.0 Å². The van der Waals surface area contributed by atoms with Crippen LogP contribution in [0.5, 0.6) is 0 Å². The van der Waals surface area contributed by atoms with Gasteiger partial charge in [0.25, 0.3) is 5.56 Å². The summed E-state index contributed by atoms with van der Waals surface area (Å²) in [5, 5.41) is 0.0142. The highest BCUT2D eigenvalue weighted by atomic mass is 35.5. The number of aromatic amines is 1. The van der Waals surface area contributed by atoms with E-state index < -0.39 is 27.3 Å². The molecule has 0 bridgehead atoms. The fourth-order valence-electron chi connectivity index (χ4n) is 1.75. The second-order valence-electron chi connectivity index (χ2n) is 4.62. The Hall–Kier alpha value is -1.75. The minimum atomic E-state index is -3.84. The molecule has 0 unspecified atom stereocenters. The number of sulfonamides is 1. The molecule has 11 heteroatoms. The standard InChI is InChI=1S/C11H15N5O4S.ClH/c1-6(4-12)15-21(19,20)7-3-8-9(13-5-7)16(2)11(18)14-10(8)17;/h3,5-6,15H,4,12H2,1-2H3,(H,14,17,18);1H/t6-;/m0./s1. The number of aromatic nitrogens is 3. The van der Waals surface area contributed by atoms with Crippen molar-refractivity contribution >= 4 is 33.5 Å². The highest BCUT2D eigenvalue weighted by molar-refractivity contribution is 7.89. The van der Waals surface area contributed by atoms with Crippen molar-refractivity contribution in [2.75, 3.05) is 6.54 Å². The third-order valence-electron chi connectivity index (χ3n) is 2.95. The Morgan fingerprint density at radius 3 is 2.68 bits per heavy atom. The van der Waals surface area contributed by atoms with Gasteiger partial charge in [-0.25, -0.2) is 22.9 Å². The maximum absolute atomic E-state index is 12.1. The van der Waals surface area contributed by atoms with Gasteiger partial charge in [0.2, 0.25) is 10.0 Å². The van der Waals surface area contributed by atoms with Crippen LogP contribution in [0.4, 0.5) is 0 Å². The lowest BCUT2D eigenvalue weighted by Gasteiger charge is -2.12. The van der Waals surface area contributed by atoms with E-state index in [2.05, 4.69) is 14.7 Å². The zero-order valence-corrected chi connectivity index (χ0v) is 13.5. The van der Waals surface area contributed by atoms with Crippen LogP contribution < -0.4 is 21.7 Å². The molecule has 2 aromatic rings. The van der Waals surface area contributed by atoms with Gasteiger partial charge in [0, 0.05) is 25.8 Å². The third-order valence-corrected chi connectivity index (χ3v) is 4.51. The van der Waals surface area contributed by atoms with Crippen molar-refractivity contribution in [1.82, 2.24) is 19.3 Å². The van der Waals surface area contributed by atoms with E-state index in [1.165, 1.54) is 13.1 Å². The van der Waals surface area contributed by atoms with Gasteiger partial charge >= 0.3 is 5.69 Å². The molecule has 0 saturated heterocycles. The molecule has 122 valence electrons. The lowest BCUT2D eigenvalue weighted by atomic mass is 10.3. The van der Waals surface area contributed by atoms with Crippen LogP contribution in [0.1, 0.15) is 6.92 Å². The molecule has 0 saturated carbocycles. The summed E-state index contributed by atoms with van der Waals surface area (Å²) in [5.41, 5.74) is 4.17. The molecule has 0 radical (unpaired) electrons. The van der Waals surface area contributed by atoms with Gasteiger partial charge in [-0.1, -0.05) is 0 Å². The summed E-state index contributed by atoms with van der Waals surface area (Å²) in [7, 11) is -2.41. The topological polar surface area (TPSA) is 140 Å². The predicted molar refractivity (Wildman–Crippen MR) is 83.7 cm³/mol. The van der Waals surface area contributed by atoms with E-state index in [0.29, 0.717) is 0 Å². The molecule has 4 N–H and O–H groups in total. The first-order valence-corrected chi connectivity index (χ1v) is 7.56. The van der Waals surface area contributed by atoms with Crippen LogP contribution in [0.2, 0.25) is 0 Å². The minimum absolute atomic E-state index is 0. The lowest BCUT2D eigenvalue weighted by Crippen LogP contribution is -2.38. The number of hydrogen-bond donors (Lipinski definition) is 3. The van der Waals surface area contributed by atoms with Gasteiger partial charge in [-0.3, -0.25) is 14.3 Å². The largest absolute Gasteiger partial charge is 0.329 e. The van der Waals surface area contributed by atoms with Crippen LogP contribution in [-0.4, -0.2) is 35.5 Å². The molecule has 2 rings (SSSR count). The van der Waals surface area contributed by atoms with Crippen molar-refractivity contribution in [2.45, 2.75) is 17.9 Å². The highest BCUT2D eigenvalue weighted by Crippen LogP contribution is 2.12. The number of hydrogen-bond acceptors (Lipinski definition) is 6. The van der Waals surface area contributed by atoms with Gasteiger partial charge in [0.1, 0.15) is 10.5 Å². The number of nitrogens with one attached hydrogen (secondary N) is 2. The van der Waals surface area contributed by atoms with E-state index >= 15 is 0 Å². The second kappa shape index (κ2) is 6.57. The molecule has 9 nitrogen and oxygen atoms in total. The summed E-state index contributed by atoms with van der Waals surface area (Å²) in [6.45, 7) is 1.75. The Morgan fingerprint density at radius 2 is 2.09 bits per heavy atom. The van der Waals surface area contributed by atoms with Crippen LogP contribution in [0.25, 0.3) is 11.0 Å². The summed E-state index contributed by atoms with van der Waals surface area (Å²) >= 11 is 0. The van der Waals surface area contributed by atoms with Crippen LogP contribution in [0, 0.1) is 0 Å². The van der Waals surface area contributed by atoms with E-state index in [-0.39, 0.29) is 34.9 Å². The molecule has 0 aliphatic heterocycles. The van der Waals surface area contributed by atoms with Gasteiger partial charge in [-0.05, 0) is 13.0 Å². The second-order valence-corrected chi connectivity index (χ2v) is 6.33. The zero-order chi connectivity index (χ0) is 15.8. The first-order chi connectivity index (χ1) is 9.76. The summed E-state index contributed by atoms with van der Waals surface area (Å²) in [6.07, 6.45) is 1.09. The Kier molecular flexibility index (Phi) is 5.46. The number of pyridine rings is 1. The summed E-state index contributed by atoms with van der Waals surface area (Å²) in [6, 6.07) is 0.718. The maximum atomic E-state index is 12.1. The highest BCUT2D eigenvalue weighted by Gasteiger charge is 2.19. The van der Waals surface area contributed by atoms with Crippen molar-refractivity contribution in [3.05, 3.63) is 33.1 Å². The van der Waals surface area contributed by atoms with Crippen LogP contribution in [0.15, 0.2) is 26.7 Å². The van der Waals surface area contributed by atoms with Gasteiger partial charge in [0.15, 0.2) is 0 Å². The summed E-state index contributed by atoms with van der Waals surface area (Å²) in [4.78, 5) is 29.0. The SMILES string of the molecule is C[C@@H](CN)NS(=O)(=O)c1cnc2c(c1)c(=O)[nH]c(=O)n2C.Cl. The summed E-state index contributed by atoms with van der Waals surface area (Å²) < 4.78 is 27.7.